The summed E-state index contributed by atoms with van der Waals surface area (Å²) in [6.07, 6.45) is 0. The Morgan fingerprint density at radius 2 is 0.340 bits per heavy atom. The van der Waals surface area contributed by atoms with Gasteiger partial charge in [-0.3, -0.25) is 0 Å². The first-order valence-electron chi connectivity index (χ1n) is 48.4. The van der Waals surface area contributed by atoms with Gasteiger partial charge in [0.1, 0.15) is 69.0 Å². The topological polar surface area (TPSA) is 55.4 Å². The molecule has 6 aliphatic rings. The Bertz CT molecular complexity index is 8930. The fourth-order valence-corrected chi connectivity index (χ4v) is 23.3. The normalized spacial score (nSPS) is 12.6. The van der Waals surface area contributed by atoms with Crippen molar-refractivity contribution < 1.29 is 28.4 Å². The summed E-state index contributed by atoms with van der Waals surface area (Å²) in [5.74, 6) is 10.5. The van der Waals surface area contributed by atoms with Crippen molar-refractivity contribution in [2.75, 3.05) is 0 Å². The lowest BCUT2D eigenvalue weighted by Crippen LogP contribution is -2.57. The van der Waals surface area contributed by atoms with Gasteiger partial charge in [-0.15, -0.1) is 0 Å². The summed E-state index contributed by atoms with van der Waals surface area (Å²) in [5.41, 5.74) is 31.7. The van der Waals surface area contributed by atoms with E-state index in [-0.39, 0.29) is 20.1 Å². The molecule has 6 heterocycles. The van der Waals surface area contributed by atoms with Crippen LogP contribution in [0, 0.1) is 0 Å². The standard InChI is InChI=1S/3C44H27BO2/c1-2-13-28(14-3-1)42-32-17-4-6-19-34(32)43(35-20-7-5-18-33(35)42)30-16-12-15-29(25-30)31-26-40-44-41(27-31)47-39-24-11-9-22-37(39)45(44)36-21-8-10-23-38(36)46-40;1-2-12-29(13-3-1)42-32-14-4-6-16-34(32)43(35-17-7-5-15-33(35)42)30-24-22-28(23-25-30)31-26-40-44-41(27-31)47-39-21-11-9-19-37(39)45(44)36-18-8-10-20-38(36)46-40;1-2-12-29(13-3-1)41-32-14-4-6-16-34(32)42(35-17-7-5-15-33(35)41)30-24-22-28(23-25-30)31-26-27-40-43-44(31)47-39-21-11-9-19-37(39)45(43)36-18-8-10-20-38(36)46-40/h3*1-27H. The second-order valence-corrected chi connectivity index (χ2v) is 37.1. The fraction of sp³-hybridized carbons (Fsp3) is 0. The molecule has 0 amide bonds. The lowest BCUT2D eigenvalue weighted by molar-refractivity contribution is 0.464. The molecule has 0 aliphatic carbocycles. The zero-order valence-corrected chi connectivity index (χ0v) is 76.4. The lowest BCUT2D eigenvalue weighted by atomic mass is 9.34. The Hall–Kier alpha value is -18.2. The molecule has 0 N–H and O–H groups in total. The molecule has 0 unspecified atom stereocenters. The minimum Gasteiger partial charge on any atom is -0.458 e. The fourth-order valence-electron chi connectivity index (χ4n) is 23.3. The molecule has 0 saturated carbocycles. The van der Waals surface area contributed by atoms with E-state index < -0.39 is 0 Å². The van der Waals surface area contributed by atoms with Gasteiger partial charge in [0.05, 0.1) is 0 Å². The van der Waals surface area contributed by atoms with Crippen LogP contribution in [0.15, 0.2) is 491 Å². The van der Waals surface area contributed by atoms with E-state index in [0.29, 0.717) is 0 Å². The second kappa shape index (κ2) is 33.4. The van der Waals surface area contributed by atoms with E-state index in [1.165, 1.54) is 164 Å². The summed E-state index contributed by atoms with van der Waals surface area (Å²) >= 11 is 0. The van der Waals surface area contributed by atoms with Crippen LogP contribution in [-0.2, 0) is 0 Å². The molecule has 0 fully saturated rings. The third-order valence-electron chi connectivity index (χ3n) is 29.4. The molecule has 0 aromatic heterocycles. The maximum atomic E-state index is 6.73. The van der Waals surface area contributed by atoms with Gasteiger partial charge < -0.3 is 28.4 Å². The van der Waals surface area contributed by atoms with E-state index in [1.807, 2.05) is 36.4 Å². The minimum absolute atomic E-state index is 0.0509. The number of para-hydroxylation sites is 6. The molecule has 0 radical (unpaired) electrons. The molecule has 30 rings (SSSR count). The molecule has 0 spiro atoms. The molecule has 9 heteroatoms. The van der Waals surface area contributed by atoms with Crippen LogP contribution in [0.2, 0.25) is 0 Å². The van der Waals surface area contributed by atoms with Crippen LogP contribution in [0.4, 0.5) is 0 Å². The average molecular weight is 1800 g/mol. The minimum atomic E-state index is 0.0509. The summed E-state index contributed by atoms with van der Waals surface area (Å²) in [4.78, 5) is 0. The van der Waals surface area contributed by atoms with Crippen LogP contribution < -0.4 is 77.6 Å². The number of ether oxygens (including phenoxy) is 6. The van der Waals surface area contributed by atoms with Gasteiger partial charge in [-0.1, -0.05) is 413 Å². The molecule has 0 saturated heterocycles. The number of fused-ring (bicyclic) bond motifs is 18. The van der Waals surface area contributed by atoms with E-state index in [1.54, 1.807) is 0 Å². The first-order valence-corrected chi connectivity index (χ1v) is 48.4. The van der Waals surface area contributed by atoms with Gasteiger partial charge in [-0.05, 0) is 271 Å². The Labute approximate surface area is 817 Å². The first kappa shape index (κ1) is 81.2. The zero-order chi connectivity index (χ0) is 92.7. The van der Waals surface area contributed by atoms with Gasteiger partial charge >= 0.3 is 0 Å². The van der Waals surface area contributed by atoms with Crippen LogP contribution in [0.5, 0.6) is 69.0 Å². The zero-order valence-electron chi connectivity index (χ0n) is 76.4. The highest BCUT2D eigenvalue weighted by atomic mass is 16.5. The van der Waals surface area contributed by atoms with E-state index in [4.69, 9.17) is 28.4 Å². The molecule has 654 valence electrons. The molecular weight excluding hydrogens is 1710 g/mol. The molecule has 6 nitrogen and oxygen atoms in total. The number of rotatable bonds is 9. The van der Waals surface area contributed by atoms with Crippen LogP contribution in [-0.4, -0.2) is 20.1 Å². The summed E-state index contributed by atoms with van der Waals surface area (Å²) in [7, 11) is 0. The number of benzene rings is 24. The molecule has 0 bridgehead atoms. The summed E-state index contributed by atoms with van der Waals surface area (Å²) in [6, 6.07) is 175. The van der Waals surface area contributed by atoms with Crippen molar-refractivity contribution in [3.8, 4) is 169 Å². The predicted octanol–water partition coefficient (Wildman–Crippen LogP) is 29.2. The molecule has 6 aliphatic heterocycles. The van der Waals surface area contributed by atoms with Crippen LogP contribution in [0.25, 0.3) is 165 Å². The second-order valence-electron chi connectivity index (χ2n) is 37.1. The van der Waals surface area contributed by atoms with Crippen molar-refractivity contribution in [2.24, 2.45) is 0 Å². The number of hydrogen-bond acceptors (Lipinski definition) is 6. The van der Waals surface area contributed by atoms with Gasteiger partial charge in [-0.2, -0.15) is 0 Å². The average Bonchev–Trinajstić information content (AvgIpc) is 0.634. The molecule has 24 aromatic rings. The van der Waals surface area contributed by atoms with Gasteiger partial charge in [0.15, 0.2) is 0 Å². The van der Waals surface area contributed by atoms with Crippen LogP contribution in [0.1, 0.15) is 0 Å². The molecule has 141 heavy (non-hydrogen) atoms. The van der Waals surface area contributed by atoms with E-state index in [2.05, 4.69) is 455 Å². The maximum absolute atomic E-state index is 6.73. The first-order chi connectivity index (χ1) is 70.0. The lowest BCUT2D eigenvalue weighted by Gasteiger charge is -2.33. The van der Waals surface area contributed by atoms with E-state index in [0.717, 1.165) is 119 Å². The Balaban J connectivity index is 0.000000104. The van der Waals surface area contributed by atoms with E-state index >= 15 is 0 Å². The highest BCUT2D eigenvalue weighted by molar-refractivity contribution is 6.99. The van der Waals surface area contributed by atoms with Gasteiger partial charge in [0.25, 0.3) is 20.1 Å². The summed E-state index contributed by atoms with van der Waals surface area (Å²) in [5, 5.41) is 15.0. The SMILES string of the molecule is c1ccc(-c2c3ccccc3c(-c3ccc(-c4cc5c6c(c4)Oc4ccccc4B6c4ccccc4O5)cc3)c3ccccc23)cc1.c1ccc(-c2c3ccccc3c(-c3ccc(-c4ccc5c6c4Oc4ccccc4B6c4ccccc4O5)cc3)c3ccccc23)cc1.c1ccc(-c2c3ccccc3c(-c3cccc(-c4cc5c6c(c4)Oc4ccccc4B6c4ccccc4O5)c3)c3ccccc23)cc1. The number of hydrogen-bond donors (Lipinski definition) is 0. The largest absolute Gasteiger partial charge is 0.458 e. The molecule has 24 aromatic carbocycles. The van der Waals surface area contributed by atoms with Crippen molar-refractivity contribution in [3.63, 3.8) is 0 Å². The third-order valence-corrected chi connectivity index (χ3v) is 29.4. The van der Waals surface area contributed by atoms with Crippen molar-refractivity contribution in [1.82, 2.24) is 0 Å². The smallest absolute Gasteiger partial charge is 0.260 e. The maximum Gasteiger partial charge on any atom is 0.260 e. The highest BCUT2D eigenvalue weighted by Gasteiger charge is 2.44. The van der Waals surface area contributed by atoms with Crippen molar-refractivity contribution in [2.45, 2.75) is 0 Å². The third kappa shape index (κ3) is 13.4. The van der Waals surface area contributed by atoms with Crippen LogP contribution in [0.3, 0.4) is 0 Å². The predicted molar refractivity (Wildman–Crippen MR) is 586 cm³/mol. The van der Waals surface area contributed by atoms with Gasteiger partial charge in [-0.25, -0.2) is 0 Å². The summed E-state index contributed by atoms with van der Waals surface area (Å²) in [6.45, 7) is 0.192. The Morgan fingerprint density at radius 1 is 0.121 bits per heavy atom. The Kier molecular flexibility index (Phi) is 19.2. The monoisotopic (exact) mass is 1790 g/mol. The van der Waals surface area contributed by atoms with Crippen molar-refractivity contribution in [1.29, 1.82) is 0 Å². The Morgan fingerprint density at radius 3 is 0.652 bits per heavy atom. The van der Waals surface area contributed by atoms with E-state index in [9.17, 15) is 0 Å². The summed E-state index contributed by atoms with van der Waals surface area (Å²) < 4.78 is 39.5. The quantitative estimate of drug-likeness (QED) is 0.106. The molecule has 0 atom stereocenters. The van der Waals surface area contributed by atoms with Gasteiger partial charge in [0.2, 0.25) is 0 Å². The van der Waals surface area contributed by atoms with Crippen LogP contribution >= 0.6 is 0 Å². The van der Waals surface area contributed by atoms with Crippen molar-refractivity contribution >= 4 is 134 Å². The highest BCUT2D eigenvalue weighted by Crippen LogP contribution is 2.52. The van der Waals surface area contributed by atoms with Gasteiger partial charge in [0, 0.05) is 22.0 Å². The van der Waals surface area contributed by atoms with Crippen molar-refractivity contribution in [3.05, 3.63) is 491 Å². The molecular formula is C132H81B3O6.